The fourth-order valence-corrected chi connectivity index (χ4v) is 3.54. The molecule has 0 N–H and O–H groups in total. The lowest BCUT2D eigenvalue weighted by atomic mass is 10.2. The van der Waals surface area contributed by atoms with Crippen molar-refractivity contribution in [2.24, 2.45) is 0 Å². The molecule has 1 aromatic carbocycles. The van der Waals surface area contributed by atoms with E-state index in [-0.39, 0.29) is 11.0 Å². The molecule has 130 valence electrons. The Balaban J connectivity index is 1.69. The molecular formula is C16H18F3N3OS. The first-order valence-electron chi connectivity index (χ1n) is 7.83. The zero-order valence-electron chi connectivity index (χ0n) is 13.4. The predicted molar refractivity (Wildman–Crippen MR) is 85.1 cm³/mol. The van der Waals surface area contributed by atoms with E-state index >= 15 is 0 Å². The van der Waals surface area contributed by atoms with E-state index in [0.29, 0.717) is 5.92 Å². The zero-order chi connectivity index (χ0) is 17.3. The summed E-state index contributed by atoms with van der Waals surface area (Å²) in [5, 5.41) is 9.48. The van der Waals surface area contributed by atoms with Gasteiger partial charge in [-0.05, 0) is 44.4 Å². The third kappa shape index (κ3) is 4.03. The number of hydrogen-bond donors (Lipinski definition) is 0. The largest absolute Gasteiger partial charge is 0.573 e. The standard InChI is InChI=1S/C16H18F3N3OS/c1-3-22-14(12-4-5-12)20-21-15(22)24-10(2)11-6-8-13(9-7-11)23-16(17,18)19/h6-10,12H,3-5H2,1-2H3. The number of benzene rings is 1. The van der Waals surface area contributed by atoms with Crippen LogP contribution in [0.3, 0.4) is 0 Å². The molecule has 0 saturated heterocycles. The Kier molecular flexibility index (Phi) is 4.76. The van der Waals surface area contributed by atoms with Crippen LogP contribution < -0.4 is 4.74 Å². The molecule has 1 aliphatic carbocycles. The summed E-state index contributed by atoms with van der Waals surface area (Å²) < 4.78 is 42.6. The molecule has 1 atom stereocenters. The van der Waals surface area contributed by atoms with Crippen molar-refractivity contribution in [3.63, 3.8) is 0 Å². The zero-order valence-corrected chi connectivity index (χ0v) is 14.2. The van der Waals surface area contributed by atoms with Gasteiger partial charge in [0.05, 0.1) is 0 Å². The van der Waals surface area contributed by atoms with Crippen LogP contribution in [0.1, 0.15) is 49.2 Å². The average molecular weight is 357 g/mol. The summed E-state index contributed by atoms with van der Waals surface area (Å²) in [6.45, 7) is 4.87. The van der Waals surface area contributed by atoms with Crippen LogP contribution in [-0.4, -0.2) is 21.1 Å². The predicted octanol–water partition coefficient (Wildman–Crippen LogP) is 4.93. The van der Waals surface area contributed by atoms with Gasteiger partial charge in [0, 0.05) is 17.7 Å². The van der Waals surface area contributed by atoms with Gasteiger partial charge in [0.15, 0.2) is 5.16 Å². The van der Waals surface area contributed by atoms with E-state index in [0.717, 1.165) is 23.1 Å². The molecule has 1 aromatic heterocycles. The maximum atomic E-state index is 12.2. The highest BCUT2D eigenvalue weighted by Gasteiger charge is 2.31. The molecular weight excluding hydrogens is 339 g/mol. The molecule has 0 amide bonds. The molecule has 0 radical (unpaired) electrons. The van der Waals surface area contributed by atoms with Crippen LogP contribution in [0.25, 0.3) is 0 Å². The van der Waals surface area contributed by atoms with Crippen LogP contribution in [0.5, 0.6) is 5.75 Å². The number of thioether (sulfide) groups is 1. The van der Waals surface area contributed by atoms with Crippen molar-refractivity contribution in [3.05, 3.63) is 35.7 Å². The minimum Gasteiger partial charge on any atom is -0.406 e. The number of nitrogens with zero attached hydrogens (tertiary/aromatic N) is 3. The Labute approximate surface area is 142 Å². The van der Waals surface area contributed by atoms with Crippen LogP contribution in [-0.2, 0) is 6.54 Å². The molecule has 24 heavy (non-hydrogen) atoms. The highest BCUT2D eigenvalue weighted by Crippen LogP contribution is 2.41. The van der Waals surface area contributed by atoms with Gasteiger partial charge < -0.3 is 9.30 Å². The Morgan fingerprint density at radius 2 is 1.92 bits per heavy atom. The summed E-state index contributed by atoms with van der Waals surface area (Å²) in [5.74, 6) is 1.36. The molecule has 8 heteroatoms. The van der Waals surface area contributed by atoms with Gasteiger partial charge in [-0.25, -0.2) is 0 Å². The first-order chi connectivity index (χ1) is 11.4. The lowest BCUT2D eigenvalue weighted by Gasteiger charge is -2.14. The number of rotatable bonds is 6. The number of halogens is 3. The molecule has 2 aromatic rings. The summed E-state index contributed by atoms with van der Waals surface area (Å²) in [5.41, 5.74) is 0.910. The van der Waals surface area contributed by atoms with Crippen molar-refractivity contribution in [3.8, 4) is 5.75 Å². The first kappa shape index (κ1) is 17.1. The molecule has 1 saturated carbocycles. The second-order valence-corrected chi connectivity index (χ2v) is 7.04. The lowest BCUT2D eigenvalue weighted by Crippen LogP contribution is -2.17. The smallest absolute Gasteiger partial charge is 0.406 e. The number of alkyl halides is 3. The number of aromatic nitrogens is 3. The van der Waals surface area contributed by atoms with Gasteiger partial charge >= 0.3 is 6.36 Å². The van der Waals surface area contributed by atoms with E-state index in [1.165, 1.54) is 25.0 Å². The van der Waals surface area contributed by atoms with E-state index in [1.54, 1.807) is 23.9 Å². The third-order valence-electron chi connectivity index (χ3n) is 3.87. The second kappa shape index (κ2) is 6.66. The Hall–Kier alpha value is -1.70. The molecule has 0 spiro atoms. The van der Waals surface area contributed by atoms with Gasteiger partial charge in [-0.1, -0.05) is 23.9 Å². The SMILES string of the molecule is CCn1c(SC(C)c2ccc(OC(F)(F)F)cc2)nnc1C1CC1. The van der Waals surface area contributed by atoms with Crippen molar-refractivity contribution in [1.29, 1.82) is 0 Å². The normalized spacial score (nSPS) is 16.2. The third-order valence-corrected chi connectivity index (χ3v) is 5.01. The van der Waals surface area contributed by atoms with Crippen LogP contribution in [0.2, 0.25) is 0 Å². The summed E-state index contributed by atoms with van der Waals surface area (Å²) in [7, 11) is 0. The summed E-state index contributed by atoms with van der Waals surface area (Å²) in [4.78, 5) is 0. The van der Waals surface area contributed by atoms with Crippen molar-refractivity contribution in [1.82, 2.24) is 14.8 Å². The minimum atomic E-state index is -4.67. The molecule has 1 fully saturated rings. The molecule has 0 bridgehead atoms. The highest BCUT2D eigenvalue weighted by atomic mass is 32.2. The van der Waals surface area contributed by atoms with Gasteiger partial charge in [-0.15, -0.1) is 23.4 Å². The first-order valence-corrected chi connectivity index (χ1v) is 8.71. The monoisotopic (exact) mass is 357 g/mol. The fraction of sp³-hybridized carbons (Fsp3) is 0.500. The topological polar surface area (TPSA) is 39.9 Å². The van der Waals surface area contributed by atoms with Gasteiger partial charge in [0.25, 0.3) is 0 Å². The van der Waals surface area contributed by atoms with Crippen LogP contribution in [0.4, 0.5) is 13.2 Å². The molecule has 1 heterocycles. The Morgan fingerprint density at radius 3 is 2.46 bits per heavy atom. The van der Waals surface area contributed by atoms with E-state index in [1.807, 2.05) is 6.92 Å². The maximum Gasteiger partial charge on any atom is 0.573 e. The van der Waals surface area contributed by atoms with E-state index in [9.17, 15) is 13.2 Å². The van der Waals surface area contributed by atoms with E-state index < -0.39 is 6.36 Å². The maximum absolute atomic E-state index is 12.2. The van der Waals surface area contributed by atoms with Crippen molar-refractivity contribution in [2.45, 2.75) is 55.9 Å². The van der Waals surface area contributed by atoms with Crippen molar-refractivity contribution >= 4 is 11.8 Å². The summed E-state index contributed by atoms with van der Waals surface area (Å²) in [6.07, 6.45) is -2.34. The molecule has 1 unspecified atom stereocenters. The summed E-state index contributed by atoms with van der Waals surface area (Å²) in [6, 6.07) is 5.96. The number of hydrogen-bond acceptors (Lipinski definition) is 4. The van der Waals surface area contributed by atoms with E-state index in [4.69, 9.17) is 0 Å². The average Bonchev–Trinajstić information content (AvgIpc) is 3.28. The van der Waals surface area contributed by atoms with Crippen LogP contribution >= 0.6 is 11.8 Å². The molecule has 3 rings (SSSR count). The van der Waals surface area contributed by atoms with Crippen LogP contribution in [0.15, 0.2) is 29.4 Å². The van der Waals surface area contributed by atoms with Crippen LogP contribution in [0, 0.1) is 0 Å². The van der Waals surface area contributed by atoms with Gasteiger partial charge in [0.2, 0.25) is 0 Å². The molecule has 0 aliphatic heterocycles. The lowest BCUT2D eigenvalue weighted by molar-refractivity contribution is -0.274. The van der Waals surface area contributed by atoms with Crippen molar-refractivity contribution < 1.29 is 17.9 Å². The summed E-state index contributed by atoms with van der Waals surface area (Å²) >= 11 is 1.56. The molecule has 1 aliphatic rings. The van der Waals surface area contributed by atoms with E-state index in [2.05, 4.69) is 26.4 Å². The van der Waals surface area contributed by atoms with Crippen molar-refractivity contribution in [2.75, 3.05) is 0 Å². The minimum absolute atomic E-state index is 0.0477. The fourth-order valence-electron chi connectivity index (χ4n) is 2.49. The quantitative estimate of drug-likeness (QED) is 0.688. The van der Waals surface area contributed by atoms with Gasteiger partial charge in [-0.3, -0.25) is 0 Å². The van der Waals surface area contributed by atoms with Gasteiger partial charge in [0.1, 0.15) is 11.6 Å². The Bertz CT molecular complexity index is 696. The Morgan fingerprint density at radius 1 is 1.25 bits per heavy atom. The second-order valence-electron chi connectivity index (χ2n) is 5.74. The molecule has 4 nitrogen and oxygen atoms in total. The van der Waals surface area contributed by atoms with Gasteiger partial charge in [-0.2, -0.15) is 0 Å². The number of ether oxygens (including phenoxy) is 1. The highest BCUT2D eigenvalue weighted by molar-refractivity contribution is 7.99.